The second-order valence-electron chi connectivity index (χ2n) is 3.74. The van der Waals surface area contributed by atoms with Gasteiger partial charge in [0.05, 0.1) is 11.3 Å². The van der Waals surface area contributed by atoms with Crippen molar-refractivity contribution in [3.8, 4) is 0 Å². The fourth-order valence-electron chi connectivity index (χ4n) is 1.59. The van der Waals surface area contributed by atoms with Gasteiger partial charge in [0.1, 0.15) is 0 Å². The van der Waals surface area contributed by atoms with Crippen LogP contribution in [0.2, 0.25) is 0 Å². The first-order valence-corrected chi connectivity index (χ1v) is 6.24. The Kier molecular flexibility index (Phi) is 3.53. The molecular formula is C11H7BrF3NO3. The highest BCUT2D eigenvalue weighted by Gasteiger charge is 2.41. The molecule has 1 aromatic carbocycles. The Labute approximate surface area is 114 Å². The summed E-state index contributed by atoms with van der Waals surface area (Å²) in [6, 6.07) is 3.71. The minimum absolute atomic E-state index is 0.0476. The van der Waals surface area contributed by atoms with Crippen LogP contribution in [-0.2, 0) is 15.7 Å². The molecule has 1 unspecified atom stereocenters. The maximum Gasteiger partial charge on any atom is 0.422 e. The van der Waals surface area contributed by atoms with Gasteiger partial charge in [-0.2, -0.15) is 13.2 Å². The van der Waals surface area contributed by atoms with Crippen LogP contribution in [0.4, 0.5) is 23.7 Å². The number of anilines is 1. The molecule has 0 aliphatic carbocycles. The van der Waals surface area contributed by atoms with E-state index in [4.69, 9.17) is 4.74 Å². The standard InChI is InChI=1S/C11H7BrF3NO3/c12-5-8-9(17)16(10(18)19-8)7-3-1-6(2-4-7)11(13,14)15/h1-4,8H,5H2. The quantitative estimate of drug-likeness (QED) is 0.779. The van der Waals surface area contributed by atoms with Gasteiger partial charge >= 0.3 is 12.3 Å². The summed E-state index contributed by atoms with van der Waals surface area (Å²) in [6.07, 6.45) is -6.31. The second kappa shape index (κ2) is 4.84. The molecule has 102 valence electrons. The van der Waals surface area contributed by atoms with Crippen molar-refractivity contribution in [2.45, 2.75) is 12.3 Å². The van der Waals surface area contributed by atoms with E-state index in [0.29, 0.717) is 4.90 Å². The smallest absolute Gasteiger partial charge is 0.422 e. The molecule has 8 heteroatoms. The highest BCUT2D eigenvalue weighted by molar-refractivity contribution is 9.09. The molecule has 1 atom stereocenters. The number of ether oxygens (including phenoxy) is 1. The second-order valence-corrected chi connectivity index (χ2v) is 4.39. The number of carbonyl (C=O) groups is 2. The molecule has 1 aliphatic rings. The number of imide groups is 1. The Morgan fingerprint density at radius 1 is 1.21 bits per heavy atom. The SMILES string of the molecule is O=C1OC(CBr)C(=O)N1c1ccc(C(F)(F)F)cc1. The molecule has 0 saturated carbocycles. The Hall–Kier alpha value is -1.57. The molecule has 0 N–H and O–H groups in total. The van der Waals surface area contributed by atoms with Gasteiger partial charge < -0.3 is 4.74 Å². The molecule has 1 saturated heterocycles. The van der Waals surface area contributed by atoms with E-state index in [1.807, 2.05) is 0 Å². The Morgan fingerprint density at radius 2 is 1.79 bits per heavy atom. The van der Waals surface area contributed by atoms with Crippen LogP contribution in [0, 0.1) is 0 Å². The molecule has 0 radical (unpaired) electrons. The number of hydrogen-bond acceptors (Lipinski definition) is 3. The zero-order valence-electron chi connectivity index (χ0n) is 9.28. The first kappa shape index (κ1) is 13.9. The van der Waals surface area contributed by atoms with Crippen molar-refractivity contribution in [1.29, 1.82) is 0 Å². The van der Waals surface area contributed by atoms with Crippen LogP contribution in [0.3, 0.4) is 0 Å². The largest absolute Gasteiger partial charge is 0.434 e. The van der Waals surface area contributed by atoms with Gasteiger partial charge in [-0.15, -0.1) is 0 Å². The molecule has 0 aromatic heterocycles. The van der Waals surface area contributed by atoms with Crippen molar-refractivity contribution >= 4 is 33.6 Å². The van der Waals surface area contributed by atoms with E-state index >= 15 is 0 Å². The summed E-state index contributed by atoms with van der Waals surface area (Å²) >= 11 is 3.01. The van der Waals surface area contributed by atoms with Crippen LogP contribution < -0.4 is 4.90 Å². The van der Waals surface area contributed by atoms with Crippen molar-refractivity contribution in [2.75, 3.05) is 10.2 Å². The lowest BCUT2D eigenvalue weighted by Gasteiger charge is -2.12. The maximum absolute atomic E-state index is 12.4. The fourth-order valence-corrected chi connectivity index (χ4v) is 2.00. The zero-order chi connectivity index (χ0) is 14.2. The molecule has 19 heavy (non-hydrogen) atoms. The number of benzene rings is 1. The zero-order valence-corrected chi connectivity index (χ0v) is 10.9. The van der Waals surface area contributed by atoms with E-state index in [0.717, 1.165) is 24.3 Å². The monoisotopic (exact) mass is 337 g/mol. The maximum atomic E-state index is 12.4. The third kappa shape index (κ3) is 2.58. The third-order valence-corrected chi connectivity index (χ3v) is 3.10. The first-order chi connectivity index (χ1) is 8.84. The van der Waals surface area contributed by atoms with Crippen molar-refractivity contribution in [1.82, 2.24) is 0 Å². The minimum atomic E-state index is -4.47. The number of cyclic esters (lactones) is 1. The highest BCUT2D eigenvalue weighted by Crippen LogP contribution is 2.31. The molecule has 2 amide bonds. The van der Waals surface area contributed by atoms with Crippen molar-refractivity contribution in [3.05, 3.63) is 29.8 Å². The minimum Gasteiger partial charge on any atom is -0.434 e. The lowest BCUT2D eigenvalue weighted by Crippen LogP contribution is -2.31. The fraction of sp³-hybridized carbons (Fsp3) is 0.273. The van der Waals surface area contributed by atoms with Crippen LogP contribution in [0.15, 0.2) is 24.3 Å². The van der Waals surface area contributed by atoms with Gasteiger partial charge in [-0.1, -0.05) is 15.9 Å². The number of nitrogens with zero attached hydrogens (tertiary/aromatic N) is 1. The van der Waals surface area contributed by atoms with E-state index < -0.39 is 29.8 Å². The molecule has 1 heterocycles. The van der Waals surface area contributed by atoms with Crippen molar-refractivity contribution in [3.63, 3.8) is 0 Å². The molecular weight excluding hydrogens is 331 g/mol. The summed E-state index contributed by atoms with van der Waals surface area (Å²) in [6.45, 7) is 0. The molecule has 0 spiro atoms. The van der Waals surface area contributed by atoms with E-state index in [-0.39, 0.29) is 11.0 Å². The number of carbonyl (C=O) groups excluding carboxylic acids is 2. The summed E-state index contributed by atoms with van der Waals surface area (Å²) in [5.41, 5.74) is -0.806. The summed E-state index contributed by atoms with van der Waals surface area (Å²) < 4.78 is 41.9. The lowest BCUT2D eigenvalue weighted by atomic mass is 10.2. The third-order valence-electron chi connectivity index (χ3n) is 2.51. The van der Waals surface area contributed by atoms with Crippen molar-refractivity contribution < 1.29 is 27.5 Å². The number of amides is 2. The van der Waals surface area contributed by atoms with Gasteiger partial charge in [0, 0.05) is 5.33 Å². The average Bonchev–Trinajstić information content (AvgIpc) is 2.63. The number of alkyl halides is 4. The number of rotatable bonds is 2. The number of hydrogen-bond donors (Lipinski definition) is 0. The normalized spacial score (nSPS) is 19.8. The Bertz CT molecular complexity index is 515. The van der Waals surface area contributed by atoms with Gasteiger partial charge in [-0.25, -0.2) is 9.69 Å². The van der Waals surface area contributed by atoms with E-state index in [9.17, 15) is 22.8 Å². The molecule has 4 nitrogen and oxygen atoms in total. The summed E-state index contributed by atoms with van der Waals surface area (Å²) in [5, 5.41) is 0.134. The van der Waals surface area contributed by atoms with Crippen LogP contribution in [-0.4, -0.2) is 23.4 Å². The molecule has 1 aliphatic heterocycles. The average molecular weight is 338 g/mol. The predicted octanol–water partition coefficient (Wildman–Crippen LogP) is 2.95. The van der Waals surface area contributed by atoms with Gasteiger partial charge in [0.25, 0.3) is 5.91 Å². The molecule has 0 bridgehead atoms. The molecule has 1 fully saturated rings. The van der Waals surface area contributed by atoms with E-state index in [2.05, 4.69) is 15.9 Å². The van der Waals surface area contributed by atoms with Gasteiger partial charge in [0.2, 0.25) is 0 Å². The van der Waals surface area contributed by atoms with Gasteiger partial charge in [-0.3, -0.25) is 4.79 Å². The Balaban J connectivity index is 2.28. The molecule has 1 aromatic rings. The van der Waals surface area contributed by atoms with Crippen molar-refractivity contribution in [2.24, 2.45) is 0 Å². The number of halogens is 4. The van der Waals surface area contributed by atoms with Gasteiger partial charge in [-0.05, 0) is 24.3 Å². The first-order valence-electron chi connectivity index (χ1n) is 5.12. The van der Waals surface area contributed by atoms with Crippen LogP contribution in [0.25, 0.3) is 0 Å². The summed E-state index contributed by atoms with van der Waals surface area (Å²) in [7, 11) is 0. The lowest BCUT2D eigenvalue weighted by molar-refractivity contribution is -0.137. The van der Waals surface area contributed by atoms with E-state index in [1.165, 1.54) is 0 Å². The highest BCUT2D eigenvalue weighted by atomic mass is 79.9. The molecule has 2 rings (SSSR count). The summed E-state index contributed by atoms with van der Waals surface area (Å²) in [5.74, 6) is -0.610. The van der Waals surface area contributed by atoms with Crippen LogP contribution in [0.5, 0.6) is 0 Å². The van der Waals surface area contributed by atoms with Gasteiger partial charge in [0.15, 0.2) is 6.10 Å². The topological polar surface area (TPSA) is 46.6 Å². The van der Waals surface area contributed by atoms with Crippen LogP contribution in [0.1, 0.15) is 5.56 Å². The van der Waals surface area contributed by atoms with Crippen LogP contribution >= 0.6 is 15.9 Å². The predicted molar refractivity (Wildman–Crippen MR) is 63.0 cm³/mol. The Morgan fingerprint density at radius 3 is 2.21 bits per heavy atom. The van der Waals surface area contributed by atoms with E-state index in [1.54, 1.807) is 0 Å². The summed E-state index contributed by atoms with van der Waals surface area (Å²) in [4.78, 5) is 23.9.